The smallest absolute Gasteiger partial charge is 0.310 e. The summed E-state index contributed by atoms with van der Waals surface area (Å²) < 4.78 is 30.8. The van der Waals surface area contributed by atoms with Crippen LogP contribution in [-0.2, 0) is 20.3 Å². The molecule has 6 nitrogen and oxygen atoms in total. The molecule has 1 aliphatic carbocycles. The van der Waals surface area contributed by atoms with Crippen molar-refractivity contribution in [3.8, 4) is 0 Å². The molecule has 1 unspecified atom stereocenters. The van der Waals surface area contributed by atoms with Gasteiger partial charge in [0.1, 0.15) is 5.82 Å². The van der Waals surface area contributed by atoms with Gasteiger partial charge in [-0.3, -0.25) is 19.1 Å². The second-order valence-corrected chi connectivity index (χ2v) is 8.91. The van der Waals surface area contributed by atoms with E-state index in [0.717, 1.165) is 27.2 Å². The molecule has 0 aromatic heterocycles. The molecule has 0 heterocycles. The number of benzene rings is 2. The Morgan fingerprint density at radius 2 is 1.88 bits per heavy atom. The molecule has 1 atom stereocenters. The van der Waals surface area contributed by atoms with E-state index in [-0.39, 0.29) is 19.6 Å². The van der Waals surface area contributed by atoms with Gasteiger partial charge in [0.2, 0.25) is 6.54 Å². The van der Waals surface area contributed by atoms with Crippen molar-refractivity contribution < 1.29 is 23.1 Å². The zero-order chi connectivity index (χ0) is 23.3. The molecule has 1 aliphatic rings. The van der Waals surface area contributed by atoms with Crippen LogP contribution in [0.15, 0.2) is 52.9 Å². The number of rotatable bonds is 9. The largest absolute Gasteiger partial charge is 0.465 e. The van der Waals surface area contributed by atoms with Crippen molar-refractivity contribution >= 4 is 34.0 Å². The number of hydrogen-bond donors (Lipinski definition) is 0. The third kappa shape index (κ3) is 5.76. The molecule has 0 fully saturated rings. The van der Waals surface area contributed by atoms with E-state index in [1.165, 1.54) is 12.1 Å². The van der Waals surface area contributed by atoms with Crippen LogP contribution in [0.5, 0.6) is 0 Å². The first-order valence-corrected chi connectivity index (χ1v) is 11.7. The minimum absolute atomic E-state index is 0.0113. The summed E-state index contributed by atoms with van der Waals surface area (Å²) in [6, 6.07) is 11.9. The first-order valence-electron chi connectivity index (χ1n) is 10.2. The molecule has 2 aromatic rings. The topological polar surface area (TPSA) is 86.5 Å². The molecule has 8 heteroatoms. The summed E-state index contributed by atoms with van der Waals surface area (Å²) in [5, 5.41) is 10.4. The lowest BCUT2D eigenvalue weighted by molar-refractivity contribution is -0.480. The van der Waals surface area contributed by atoms with Crippen molar-refractivity contribution in [2.24, 2.45) is 0 Å². The Balaban J connectivity index is 1.81. The Morgan fingerprint density at radius 3 is 2.53 bits per heavy atom. The molecule has 0 amide bonds. The van der Waals surface area contributed by atoms with Crippen LogP contribution in [0, 0.1) is 15.9 Å². The maximum atomic E-state index is 14.0. The zero-order valence-electron chi connectivity index (χ0n) is 17.9. The average Bonchev–Trinajstić information content (AvgIpc) is 2.98. The van der Waals surface area contributed by atoms with E-state index in [2.05, 4.69) is 0 Å². The standard InChI is InChI=1S/C24H24FNO5S/c1-16-21(13-17-5-8-19(9-6-17)32(2)30)20-10-7-18(25)14-23(20)22(16)15-24(27)31-12-4-3-11-26(28)29/h5-10,13-14H,3-4,11-12,15H2,1-2H3/b21-13-. The van der Waals surface area contributed by atoms with Crippen LogP contribution >= 0.6 is 0 Å². The van der Waals surface area contributed by atoms with E-state index < -0.39 is 27.5 Å². The molecule has 2 aromatic carbocycles. The van der Waals surface area contributed by atoms with E-state index in [1.807, 2.05) is 25.1 Å². The number of fused-ring (bicyclic) bond motifs is 1. The summed E-state index contributed by atoms with van der Waals surface area (Å²) in [4.78, 5) is 23.1. The number of esters is 1. The number of carbonyl (C=O) groups excluding carboxylic acids is 1. The molecule has 0 spiro atoms. The molecule has 0 N–H and O–H groups in total. The van der Waals surface area contributed by atoms with E-state index in [1.54, 1.807) is 24.5 Å². The van der Waals surface area contributed by atoms with Gasteiger partial charge in [-0.2, -0.15) is 0 Å². The number of allylic oxidation sites excluding steroid dienone is 2. The van der Waals surface area contributed by atoms with Gasteiger partial charge in [-0.05, 0) is 77.1 Å². The van der Waals surface area contributed by atoms with Crippen LogP contribution in [0.1, 0.15) is 42.9 Å². The van der Waals surface area contributed by atoms with Crippen molar-refractivity contribution in [1.29, 1.82) is 0 Å². The quantitative estimate of drug-likeness (QED) is 0.232. The van der Waals surface area contributed by atoms with Crippen LogP contribution in [-0.4, -0.2) is 34.5 Å². The number of nitrogens with zero attached hydrogens (tertiary/aromatic N) is 1. The Bertz CT molecular complexity index is 1120. The molecule has 168 valence electrons. The number of nitro groups is 1. The van der Waals surface area contributed by atoms with Crippen LogP contribution in [0.2, 0.25) is 0 Å². The van der Waals surface area contributed by atoms with Crippen molar-refractivity contribution in [3.05, 3.63) is 80.7 Å². The van der Waals surface area contributed by atoms with Crippen molar-refractivity contribution in [1.82, 2.24) is 0 Å². The summed E-state index contributed by atoms with van der Waals surface area (Å²) in [5.41, 5.74) is 4.84. The van der Waals surface area contributed by atoms with Crippen LogP contribution in [0.4, 0.5) is 4.39 Å². The normalized spacial score (nSPS) is 15.0. The lowest BCUT2D eigenvalue weighted by Crippen LogP contribution is -2.08. The lowest BCUT2D eigenvalue weighted by Gasteiger charge is -2.07. The predicted molar refractivity (Wildman–Crippen MR) is 122 cm³/mol. The first kappa shape index (κ1) is 23.5. The summed E-state index contributed by atoms with van der Waals surface area (Å²) in [6.07, 6.45) is 4.33. The fourth-order valence-corrected chi connectivity index (χ4v) is 4.15. The highest BCUT2D eigenvalue weighted by Crippen LogP contribution is 2.44. The Hall–Kier alpha value is -3.13. The third-order valence-corrected chi connectivity index (χ3v) is 6.23. The fourth-order valence-electron chi connectivity index (χ4n) is 3.63. The van der Waals surface area contributed by atoms with Crippen molar-refractivity contribution in [2.45, 2.75) is 31.1 Å². The Morgan fingerprint density at radius 1 is 1.16 bits per heavy atom. The van der Waals surface area contributed by atoms with Gasteiger partial charge in [0, 0.05) is 33.3 Å². The second-order valence-electron chi connectivity index (χ2n) is 7.54. The number of halogens is 1. The third-order valence-electron chi connectivity index (χ3n) is 5.30. The van der Waals surface area contributed by atoms with Gasteiger partial charge in [0.25, 0.3) is 0 Å². The van der Waals surface area contributed by atoms with Gasteiger partial charge in [0.15, 0.2) is 0 Å². The van der Waals surface area contributed by atoms with Gasteiger partial charge in [0.05, 0.1) is 13.0 Å². The summed E-state index contributed by atoms with van der Waals surface area (Å²) >= 11 is 0. The van der Waals surface area contributed by atoms with Crippen LogP contribution < -0.4 is 0 Å². The molecule has 32 heavy (non-hydrogen) atoms. The highest BCUT2D eigenvalue weighted by atomic mass is 32.2. The molecule has 0 saturated carbocycles. The average molecular weight is 458 g/mol. The molecule has 3 rings (SSSR count). The summed E-state index contributed by atoms with van der Waals surface area (Å²) in [7, 11) is -1.06. The molecular formula is C24H24FNO5S. The highest BCUT2D eigenvalue weighted by molar-refractivity contribution is 7.84. The van der Waals surface area contributed by atoms with E-state index in [9.17, 15) is 23.5 Å². The number of hydrogen-bond acceptors (Lipinski definition) is 5. The fraction of sp³-hybridized carbons (Fsp3) is 0.292. The van der Waals surface area contributed by atoms with E-state index >= 15 is 0 Å². The molecular weight excluding hydrogens is 433 g/mol. The van der Waals surface area contributed by atoms with Crippen molar-refractivity contribution in [2.75, 3.05) is 19.4 Å². The molecule has 0 bridgehead atoms. The van der Waals surface area contributed by atoms with Gasteiger partial charge < -0.3 is 4.74 Å². The van der Waals surface area contributed by atoms with Gasteiger partial charge in [-0.1, -0.05) is 18.2 Å². The first-order chi connectivity index (χ1) is 15.3. The van der Waals surface area contributed by atoms with E-state index in [0.29, 0.717) is 24.0 Å². The van der Waals surface area contributed by atoms with Crippen LogP contribution in [0.25, 0.3) is 17.2 Å². The number of unbranched alkanes of at least 4 members (excludes halogenated alkanes) is 1. The minimum Gasteiger partial charge on any atom is -0.465 e. The van der Waals surface area contributed by atoms with Gasteiger partial charge in [-0.25, -0.2) is 4.39 Å². The van der Waals surface area contributed by atoms with Crippen LogP contribution in [0.3, 0.4) is 0 Å². The maximum absolute atomic E-state index is 14.0. The molecule has 0 radical (unpaired) electrons. The monoisotopic (exact) mass is 457 g/mol. The molecule has 0 aliphatic heterocycles. The maximum Gasteiger partial charge on any atom is 0.310 e. The summed E-state index contributed by atoms with van der Waals surface area (Å²) in [6.45, 7) is 1.85. The minimum atomic E-state index is -1.06. The highest BCUT2D eigenvalue weighted by Gasteiger charge is 2.26. The Labute approximate surface area is 188 Å². The second kappa shape index (κ2) is 10.5. The number of carbonyl (C=O) groups is 1. The summed E-state index contributed by atoms with van der Waals surface area (Å²) in [5.74, 6) is -0.843. The zero-order valence-corrected chi connectivity index (χ0v) is 18.7. The SMILES string of the molecule is CC1=C(CC(=O)OCCCC[N+](=O)[O-])c2cc(F)ccc2/C1=C\c1ccc(S(C)=O)cc1. The van der Waals surface area contributed by atoms with Crippen molar-refractivity contribution in [3.63, 3.8) is 0 Å². The molecule has 0 saturated heterocycles. The van der Waals surface area contributed by atoms with Gasteiger partial charge in [-0.15, -0.1) is 0 Å². The van der Waals surface area contributed by atoms with E-state index in [4.69, 9.17) is 4.74 Å². The predicted octanol–water partition coefficient (Wildman–Crippen LogP) is 4.88. The lowest BCUT2D eigenvalue weighted by atomic mass is 10.0. The Kier molecular flexibility index (Phi) is 7.69. The van der Waals surface area contributed by atoms with Gasteiger partial charge >= 0.3 is 5.97 Å². The number of ether oxygens (including phenoxy) is 1.